The van der Waals surface area contributed by atoms with Crippen molar-refractivity contribution in [3.63, 3.8) is 0 Å². The minimum absolute atomic E-state index is 0.000509. The molecule has 1 amide bonds. The summed E-state index contributed by atoms with van der Waals surface area (Å²) in [6.07, 6.45) is 1.83. The van der Waals surface area contributed by atoms with Crippen molar-refractivity contribution in [2.24, 2.45) is 0 Å². The lowest BCUT2D eigenvalue weighted by Gasteiger charge is -2.30. The third-order valence-electron chi connectivity index (χ3n) is 3.06. The van der Waals surface area contributed by atoms with Crippen molar-refractivity contribution in [3.05, 3.63) is 0 Å². The van der Waals surface area contributed by atoms with Crippen LogP contribution in [0.4, 0.5) is 0 Å². The molecule has 98 valence electrons. The first kappa shape index (κ1) is 15.9. The van der Waals surface area contributed by atoms with Crippen LogP contribution >= 0.6 is 0 Å². The average Bonchev–Trinajstić information content (AvgIpc) is 2.27. The second-order valence-corrected chi connectivity index (χ2v) is 5.03. The summed E-state index contributed by atoms with van der Waals surface area (Å²) in [5.41, 5.74) is -0.185. The summed E-state index contributed by atoms with van der Waals surface area (Å²) in [5, 5.41) is 11.8. The van der Waals surface area contributed by atoms with Gasteiger partial charge in [-0.1, -0.05) is 13.8 Å². The Morgan fingerprint density at radius 3 is 2.47 bits per heavy atom. The van der Waals surface area contributed by atoms with Crippen LogP contribution in [0.25, 0.3) is 0 Å². The number of hydrogen-bond acceptors (Lipinski definition) is 3. The number of nitrogens with one attached hydrogen (secondary N) is 1. The molecule has 1 unspecified atom stereocenters. The molecule has 0 aliphatic rings. The van der Waals surface area contributed by atoms with E-state index in [9.17, 15) is 4.79 Å². The van der Waals surface area contributed by atoms with E-state index in [1.54, 1.807) is 0 Å². The van der Waals surface area contributed by atoms with Gasteiger partial charge < -0.3 is 5.32 Å². The maximum Gasteiger partial charge on any atom is 0.237 e. The number of carbonyl (C=O) groups excluding carboxylic acids is 1. The van der Waals surface area contributed by atoms with Crippen LogP contribution in [0.5, 0.6) is 0 Å². The molecule has 0 aromatic rings. The largest absolute Gasteiger partial charge is 0.350 e. The van der Waals surface area contributed by atoms with Gasteiger partial charge in [-0.3, -0.25) is 9.69 Å². The summed E-state index contributed by atoms with van der Waals surface area (Å²) >= 11 is 0. The standard InChI is InChI=1S/C13H25N3O/c1-6-9-16(10-8-14)11(3)12(17)15-13(4,5)7-2/h11H,6-7,9-10H2,1-5H3,(H,15,17). The maximum atomic E-state index is 12.0. The summed E-state index contributed by atoms with van der Waals surface area (Å²) in [6.45, 7) is 11.0. The predicted molar refractivity (Wildman–Crippen MR) is 69.5 cm³/mol. The zero-order valence-electron chi connectivity index (χ0n) is 11.7. The quantitative estimate of drug-likeness (QED) is 0.690. The molecule has 17 heavy (non-hydrogen) atoms. The van der Waals surface area contributed by atoms with Crippen molar-refractivity contribution in [2.45, 2.75) is 59.0 Å². The first-order valence-electron chi connectivity index (χ1n) is 6.31. The number of nitrogens with zero attached hydrogens (tertiary/aromatic N) is 2. The summed E-state index contributed by atoms with van der Waals surface area (Å²) in [6, 6.07) is 1.86. The molecule has 0 aliphatic heterocycles. The highest BCUT2D eigenvalue weighted by Crippen LogP contribution is 2.09. The van der Waals surface area contributed by atoms with E-state index in [1.807, 2.05) is 39.5 Å². The van der Waals surface area contributed by atoms with Crippen molar-refractivity contribution in [2.75, 3.05) is 13.1 Å². The summed E-state index contributed by atoms with van der Waals surface area (Å²) in [4.78, 5) is 14.0. The second kappa shape index (κ2) is 7.29. The van der Waals surface area contributed by atoms with Crippen molar-refractivity contribution < 1.29 is 4.79 Å². The van der Waals surface area contributed by atoms with Gasteiger partial charge in [0.2, 0.25) is 5.91 Å². The smallest absolute Gasteiger partial charge is 0.237 e. The lowest BCUT2D eigenvalue weighted by molar-refractivity contribution is -0.127. The molecule has 0 radical (unpaired) electrons. The molecule has 0 spiro atoms. The molecular weight excluding hydrogens is 214 g/mol. The highest BCUT2D eigenvalue weighted by molar-refractivity contribution is 5.82. The van der Waals surface area contributed by atoms with Gasteiger partial charge in [-0.15, -0.1) is 0 Å². The van der Waals surface area contributed by atoms with E-state index in [0.717, 1.165) is 19.4 Å². The average molecular weight is 239 g/mol. The van der Waals surface area contributed by atoms with Crippen molar-refractivity contribution in [3.8, 4) is 6.07 Å². The van der Waals surface area contributed by atoms with Crippen LogP contribution in [0.2, 0.25) is 0 Å². The molecule has 0 aromatic carbocycles. The van der Waals surface area contributed by atoms with Gasteiger partial charge in [0, 0.05) is 5.54 Å². The summed E-state index contributed by atoms with van der Waals surface area (Å²) in [5.74, 6) is 0.000509. The molecular formula is C13H25N3O. The lowest BCUT2D eigenvalue weighted by Crippen LogP contribution is -2.52. The van der Waals surface area contributed by atoms with Crippen LogP contribution in [0.1, 0.15) is 47.5 Å². The van der Waals surface area contributed by atoms with E-state index in [-0.39, 0.29) is 17.5 Å². The third-order valence-corrected chi connectivity index (χ3v) is 3.06. The molecule has 0 rings (SSSR count). The van der Waals surface area contributed by atoms with Crippen LogP contribution in [-0.2, 0) is 4.79 Å². The number of amides is 1. The summed E-state index contributed by atoms with van der Waals surface area (Å²) < 4.78 is 0. The predicted octanol–water partition coefficient (Wildman–Crippen LogP) is 1.92. The Morgan fingerprint density at radius 1 is 1.47 bits per heavy atom. The van der Waals surface area contributed by atoms with E-state index < -0.39 is 0 Å². The Kier molecular flexibility index (Phi) is 6.82. The van der Waals surface area contributed by atoms with Crippen LogP contribution in [-0.4, -0.2) is 35.5 Å². The normalized spacial score (nSPS) is 13.2. The highest BCUT2D eigenvalue weighted by Gasteiger charge is 2.25. The van der Waals surface area contributed by atoms with Gasteiger partial charge in [-0.25, -0.2) is 0 Å². The van der Waals surface area contributed by atoms with Gasteiger partial charge in [0.15, 0.2) is 0 Å². The fraction of sp³-hybridized carbons (Fsp3) is 0.846. The molecule has 0 aliphatic carbocycles. The summed E-state index contributed by atoms with van der Waals surface area (Å²) in [7, 11) is 0. The molecule has 0 fully saturated rings. The van der Waals surface area contributed by atoms with E-state index in [1.165, 1.54) is 0 Å². The first-order valence-corrected chi connectivity index (χ1v) is 6.31. The molecule has 0 saturated carbocycles. The first-order chi connectivity index (χ1) is 7.87. The van der Waals surface area contributed by atoms with Crippen LogP contribution in [0.3, 0.4) is 0 Å². The Morgan fingerprint density at radius 2 is 2.06 bits per heavy atom. The fourth-order valence-electron chi connectivity index (χ4n) is 1.48. The molecule has 0 bridgehead atoms. The SMILES string of the molecule is CCCN(CC#N)C(C)C(=O)NC(C)(C)CC. The molecule has 0 aromatic heterocycles. The van der Waals surface area contributed by atoms with Crippen molar-refractivity contribution in [1.82, 2.24) is 10.2 Å². The molecule has 1 N–H and O–H groups in total. The van der Waals surface area contributed by atoms with Gasteiger partial charge in [0.25, 0.3) is 0 Å². The van der Waals surface area contributed by atoms with Gasteiger partial charge in [0.05, 0.1) is 18.7 Å². The van der Waals surface area contributed by atoms with E-state index in [2.05, 4.69) is 11.4 Å². The molecule has 0 saturated heterocycles. The molecule has 0 heterocycles. The number of nitriles is 1. The fourth-order valence-corrected chi connectivity index (χ4v) is 1.48. The minimum atomic E-state index is -0.250. The lowest BCUT2D eigenvalue weighted by atomic mass is 10.0. The number of carbonyl (C=O) groups is 1. The van der Waals surface area contributed by atoms with Crippen LogP contribution in [0.15, 0.2) is 0 Å². The van der Waals surface area contributed by atoms with E-state index in [4.69, 9.17) is 5.26 Å². The highest BCUT2D eigenvalue weighted by atomic mass is 16.2. The van der Waals surface area contributed by atoms with Gasteiger partial charge in [-0.2, -0.15) is 5.26 Å². The molecule has 4 heteroatoms. The number of rotatable bonds is 7. The molecule has 4 nitrogen and oxygen atoms in total. The van der Waals surface area contributed by atoms with Crippen molar-refractivity contribution in [1.29, 1.82) is 5.26 Å². The number of hydrogen-bond donors (Lipinski definition) is 1. The zero-order chi connectivity index (χ0) is 13.5. The Balaban J connectivity index is 4.50. The topological polar surface area (TPSA) is 56.1 Å². The monoisotopic (exact) mass is 239 g/mol. The molecule has 1 atom stereocenters. The zero-order valence-corrected chi connectivity index (χ0v) is 11.7. The third kappa shape index (κ3) is 5.69. The van der Waals surface area contributed by atoms with E-state index in [0.29, 0.717) is 6.54 Å². The maximum absolute atomic E-state index is 12.0. The van der Waals surface area contributed by atoms with Crippen LogP contribution in [0, 0.1) is 11.3 Å². The Bertz CT molecular complexity index is 281. The Labute approximate surface area is 105 Å². The second-order valence-electron chi connectivity index (χ2n) is 5.03. The van der Waals surface area contributed by atoms with Crippen molar-refractivity contribution >= 4 is 5.91 Å². The van der Waals surface area contributed by atoms with Crippen LogP contribution < -0.4 is 5.32 Å². The van der Waals surface area contributed by atoms with Gasteiger partial charge >= 0.3 is 0 Å². The van der Waals surface area contributed by atoms with Gasteiger partial charge in [0.1, 0.15) is 0 Å². The Hall–Kier alpha value is -1.08. The van der Waals surface area contributed by atoms with E-state index >= 15 is 0 Å². The van der Waals surface area contributed by atoms with Gasteiger partial charge in [-0.05, 0) is 40.2 Å². The minimum Gasteiger partial charge on any atom is -0.350 e.